The van der Waals surface area contributed by atoms with Crippen LogP contribution in [0.3, 0.4) is 0 Å². The van der Waals surface area contributed by atoms with E-state index in [4.69, 9.17) is 5.26 Å². The molecule has 2 rings (SSSR count). The number of nitrogens with one attached hydrogen (secondary N) is 1. The topological polar surface area (TPSA) is 70.0 Å². The monoisotopic (exact) mass is 278 g/mol. The van der Waals surface area contributed by atoms with E-state index in [0.29, 0.717) is 11.5 Å². The fraction of sp³-hybridized carbons (Fsp3) is 0.500. The van der Waals surface area contributed by atoms with E-state index in [1.807, 2.05) is 6.07 Å². The van der Waals surface area contributed by atoms with Crippen molar-refractivity contribution in [1.29, 1.82) is 5.26 Å². The minimum absolute atomic E-state index is 0.0203. The molecule has 0 aromatic heterocycles. The molecule has 0 heterocycles. The van der Waals surface area contributed by atoms with Gasteiger partial charge in [0.25, 0.3) is 0 Å². The highest BCUT2D eigenvalue weighted by Crippen LogP contribution is 2.24. The minimum Gasteiger partial charge on any atom is -0.208 e. The summed E-state index contributed by atoms with van der Waals surface area (Å²) >= 11 is 0. The number of sulfonamides is 1. The Labute approximate surface area is 114 Å². The molecule has 0 atom stereocenters. The van der Waals surface area contributed by atoms with Crippen molar-refractivity contribution in [2.45, 2.75) is 43.5 Å². The lowest BCUT2D eigenvalue weighted by Gasteiger charge is -2.26. The smallest absolute Gasteiger partial charge is 0.208 e. The van der Waals surface area contributed by atoms with E-state index in [1.165, 1.54) is 12.1 Å². The van der Waals surface area contributed by atoms with Gasteiger partial charge in [-0.25, -0.2) is 13.1 Å². The van der Waals surface area contributed by atoms with Gasteiger partial charge in [-0.1, -0.05) is 13.0 Å². The van der Waals surface area contributed by atoms with E-state index >= 15 is 0 Å². The summed E-state index contributed by atoms with van der Waals surface area (Å²) in [6.07, 6.45) is 3.90. The lowest BCUT2D eigenvalue weighted by atomic mass is 9.88. The molecule has 0 aliphatic heterocycles. The van der Waals surface area contributed by atoms with Gasteiger partial charge in [0, 0.05) is 6.04 Å². The van der Waals surface area contributed by atoms with Crippen LogP contribution in [0.4, 0.5) is 0 Å². The Bertz CT molecular complexity index is 582. The van der Waals surface area contributed by atoms with Crippen molar-refractivity contribution in [2.24, 2.45) is 5.92 Å². The lowest BCUT2D eigenvalue weighted by Crippen LogP contribution is -2.37. The van der Waals surface area contributed by atoms with E-state index < -0.39 is 10.0 Å². The average molecular weight is 278 g/mol. The largest absolute Gasteiger partial charge is 0.240 e. The molecule has 0 unspecified atom stereocenters. The Morgan fingerprint density at radius 3 is 2.58 bits per heavy atom. The SMILES string of the molecule is CC1CCC(NS(=O)(=O)c2cccc(C#N)c2)CC1. The van der Waals surface area contributed by atoms with Crippen LogP contribution in [0, 0.1) is 17.2 Å². The second-order valence-electron chi connectivity index (χ2n) is 5.22. The number of hydrogen-bond acceptors (Lipinski definition) is 3. The Morgan fingerprint density at radius 2 is 1.95 bits per heavy atom. The molecule has 5 heteroatoms. The molecule has 1 fully saturated rings. The van der Waals surface area contributed by atoms with Crippen molar-refractivity contribution in [2.75, 3.05) is 0 Å². The second-order valence-corrected chi connectivity index (χ2v) is 6.93. The summed E-state index contributed by atoms with van der Waals surface area (Å²) < 4.78 is 27.2. The number of nitrogens with zero attached hydrogens (tertiary/aromatic N) is 1. The van der Waals surface area contributed by atoms with E-state index in [-0.39, 0.29) is 10.9 Å². The van der Waals surface area contributed by atoms with Crippen molar-refractivity contribution in [3.05, 3.63) is 29.8 Å². The molecular weight excluding hydrogens is 260 g/mol. The van der Waals surface area contributed by atoms with Gasteiger partial charge in [-0.2, -0.15) is 5.26 Å². The Kier molecular flexibility index (Phi) is 4.23. The predicted octanol–water partition coefficient (Wildman–Crippen LogP) is 2.42. The standard InChI is InChI=1S/C14H18N2O2S/c1-11-5-7-13(8-6-11)16-19(17,18)14-4-2-3-12(9-14)10-15/h2-4,9,11,13,16H,5-8H2,1H3. The number of nitriles is 1. The molecule has 4 nitrogen and oxygen atoms in total. The highest BCUT2D eigenvalue weighted by Gasteiger charge is 2.24. The molecule has 0 saturated heterocycles. The highest BCUT2D eigenvalue weighted by molar-refractivity contribution is 7.89. The first-order chi connectivity index (χ1) is 9.01. The van der Waals surface area contributed by atoms with Gasteiger partial charge >= 0.3 is 0 Å². The zero-order valence-corrected chi connectivity index (χ0v) is 11.8. The molecule has 1 aromatic rings. The van der Waals surface area contributed by atoms with Crippen LogP contribution < -0.4 is 4.72 Å². The Morgan fingerprint density at radius 1 is 1.26 bits per heavy atom. The highest BCUT2D eigenvalue weighted by atomic mass is 32.2. The summed E-state index contributed by atoms with van der Waals surface area (Å²) in [6, 6.07) is 8.10. The summed E-state index contributed by atoms with van der Waals surface area (Å²) in [5.74, 6) is 0.683. The van der Waals surface area contributed by atoms with Crippen molar-refractivity contribution in [3.63, 3.8) is 0 Å². The van der Waals surface area contributed by atoms with Crippen LogP contribution in [-0.4, -0.2) is 14.5 Å². The molecule has 0 bridgehead atoms. The van der Waals surface area contributed by atoms with Gasteiger partial charge in [-0.3, -0.25) is 0 Å². The number of rotatable bonds is 3. The second kappa shape index (κ2) is 5.72. The van der Waals surface area contributed by atoms with Gasteiger partial charge in [0.15, 0.2) is 0 Å². The average Bonchev–Trinajstić information content (AvgIpc) is 2.41. The maximum atomic E-state index is 12.2. The van der Waals surface area contributed by atoms with Crippen LogP contribution in [0.2, 0.25) is 0 Å². The summed E-state index contributed by atoms with van der Waals surface area (Å²) in [5.41, 5.74) is 0.361. The minimum atomic E-state index is -3.51. The summed E-state index contributed by atoms with van der Waals surface area (Å²) in [6.45, 7) is 2.20. The third-order valence-electron chi connectivity index (χ3n) is 3.61. The molecule has 1 aliphatic rings. The van der Waals surface area contributed by atoms with E-state index in [9.17, 15) is 8.42 Å². The fourth-order valence-electron chi connectivity index (χ4n) is 2.40. The normalized spacial score (nSPS) is 23.8. The van der Waals surface area contributed by atoms with Crippen LogP contribution in [0.5, 0.6) is 0 Å². The van der Waals surface area contributed by atoms with Crippen LogP contribution in [0.1, 0.15) is 38.2 Å². The maximum Gasteiger partial charge on any atom is 0.240 e. The summed E-state index contributed by atoms with van der Waals surface area (Å²) in [5, 5.41) is 8.81. The predicted molar refractivity (Wildman–Crippen MR) is 72.9 cm³/mol. The first-order valence-corrected chi connectivity index (χ1v) is 8.02. The van der Waals surface area contributed by atoms with Crippen LogP contribution in [0.15, 0.2) is 29.2 Å². The Hall–Kier alpha value is -1.38. The van der Waals surface area contributed by atoms with Crippen LogP contribution >= 0.6 is 0 Å². The van der Waals surface area contributed by atoms with Crippen LogP contribution in [0.25, 0.3) is 0 Å². The van der Waals surface area contributed by atoms with Crippen molar-refractivity contribution in [1.82, 2.24) is 4.72 Å². The van der Waals surface area contributed by atoms with Crippen molar-refractivity contribution >= 4 is 10.0 Å². The van der Waals surface area contributed by atoms with Crippen LogP contribution in [-0.2, 0) is 10.0 Å². The van der Waals surface area contributed by atoms with Crippen molar-refractivity contribution < 1.29 is 8.42 Å². The maximum absolute atomic E-state index is 12.2. The van der Waals surface area contributed by atoms with Gasteiger partial charge in [-0.15, -0.1) is 0 Å². The molecule has 1 aromatic carbocycles. The molecule has 0 amide bonds. The molecule has 0 radical (unpaired) electrons. The summed E-state index contributed by atoms with van der Waals surface area (Å²) in [7, 11) is -3.51. The van der Waals surface area contributed by atoms with Gasteiger partial charge in [0.2, 0.25) is 10.0 Å². The zero-order valence-electron chi connectivity index (χ0n) is 11.0. The fourth-order valence-corrected chi connectivity index (χ4v) is 3.75. The van der Waals surface area contributed by atoms with Gasteiger partial charge in [0.05, 0.1) is 16.5 Å². The summed E-state index contributed by atoms with van der Waals surface area (Å²) in [4.78, 5) is 0.171. The molecule has 102 valence electrons. The first-order valence-electron chi connectivity index (χ1n) is 6.54. The first kappa shape index (κ1) is 14.0. The molecule has 1 aliphatic carbocycles. The van der Waals surface area contributed by atoms with Gasteiger partial charge in [0.1, 0.15) is 0 Å². The lowest BCUT2D eigenvalue weighted by molar-refractivity contribution is 0.332. The molecule has 19 heavy (non-hydrogen) atoms. The zero-order chi connectivity index (χ0) is 13.9. The Balaban J connectivity index is 2.12. The molecule has 1 saturated carbocycles. The third-order valence-corrected chi connectivity index (χ3v) is 5.13. The van der Waals surface area contributed by atoms with E-state index in [1.54, 1.807) is 12.1 Å². The molecule has 1 N–H and O–H groups in total. The van der Waals surface area contributed by atoms with Gasteiger partial charge < -0.3 is 0 Å². The van der Waals surface area contributed by atoms with E-state index in [2.05, 4.69) is 11.6 Å². The third kappa shape index (κ3) is 3.55. The molecule has 0 spiro atoms. The van der Waals surface area contributed by atoms with Gasteiger partial charge in [-0.05, 0) is 49.8 Å². The molecular formula is C14H18N2O2S. The number of hydrogen-bond donors (Lipinski definition) is 1. The number of benzene rings is 1. The van der Waals surface area contributed by atoms with E-state index in [0.717, 1.165) is 25.7 Å². The quantitative estimate of drug-likeness (QED) is 0.923. The van der Waals surface area contributed by atoms with Crippen molar-refractivity contribution in [3.8, 4) is 6.07 Å².